The Morgan fingerprint density at radius 3 is 2.73 bits per heavy atom. The average Bonchev–Trinajstić information content (AvgIpc) is 3.71. The number of hydrogen-bond donors (Lipinski definition) is 2. The van der Waals surface area contributed by atoms with Crippen molar-refractivity contribution in [2.24, 2.45) is 16.6 Å². The van der Waals surface area contributed by atoms with E-state index in [9.17, 15) is 4.79 Å². The zero-order valence-corrected chi connectivity index (χ0v) is 19.4. The van der Waals surface area contributed by atoms with Crippen molar-refractivity contribution in [3.63, 3.8) is 0 Å². The lowest BCUT2D eigenvalue weighted by Gasteiger charge is -2.45. The van der Waals surface area contributed by atoms with Crippen molar-refractivity contribution in [2.45, 2.75) is 44.7 Å². The second-order valence-electron chi connectivity index (χ2n) is 9.92. The van der Waals surface area contributed by atoms with E-state index in [1.807, 2.05) is 11.9 Å². The molecule has 8 heteroatoms. The first-order valence-electron chi connectivity index (χ1n) is 12.1. The number of carbonyl (C=O) groups is 1. The van der Waals surface area contributed by atoms with Gasteiger partial charge in [-0.05, 0) is 56.2 Å². The molecule has 2 aliphatic carbocycles. The monoisotopic (exact) mass is 448 g/mol. The van der Waals surface area contributed by atoms with Gasteiger partial charge in [-0.1, -0.05) is 0 Å². The number of allylic oxidation sites excluding steroid dienone is 1. The van der Waals surface area contributed by atoms with Gasteiger partial charge < -0.3 is 25.6 Å². The molecule has 3 aliphatic heterocycles. The largest absolute Gasteiger partial charge is 0.489 e. The predicted octanol–water partition coefficient (Wildman–Crippen LogP) is 2.50. The van der Waals surface area contributed by atoms with Crippen molar-refractivity contribution in [1.82, 2.24) is 9.80 Å². The van der Waals surface area contributed by atoms with E-state index in [1.165, 1.54) is 24.1 Å². The molecule has 1 amide bonds. The lowest BCUT2D eigenvalue weighted by molar-refractivity contribution is -0.114. The van der Waals surface area contributed by atoms with Crippen LogP contribution < -0.4 is 20.7 Å². The fourth-order valence-electron chi connectivity index (χ4n) is 5.41. The molecule has 0 radical (unpaired) electrons. The van der Waals surface area contributed by atoms with Gasteiger partial charge in [0.15, 0.2) is 0 Å². The fraction of sp³-hybridized carbons (Fsp3) is 0.520. The summed E-state index contributed by atoms with van der Waals surface area (Å²) in [4.78, 5) is 23.6. The number of guanidine groups is 1. The third-order valence-corrected chi connectivity index (χ3v) is 7.59. The highest BCUT2D eigenvalue weighted by Crippen LogP contribution is 2.41. The number of aliphatic imine (C=N–C) groups is 1. The third kappa shape index (κ3) is 3.76. The topological polar surface area (TPSA) is 86.4 Å². The minimum Gasteiger partial charge on any atom is -0.489 e. The number of benzene rings is 1. The Kier molecular flexibility index (Phi) is 4.87. The molecule has 174 valence electrons. The van der Waals surface area contributed by atoms with E-state index in [2.05, 4.69) is 45.2 Å². The zero-order chi connectivity index (χ0) is 22.7. The Hall–Kier alpha value is -3.00. The number of likely N-dealkylation sites (N-methyl/N-ethyl adjacent to an activating group) is 1. The number of piperazine rings is 1. The first-order valence-corrected chi connectivity index (χ1v) is 12.1. The van der Waals surface area contributed by atoms with Crippen LogP contribution in [0.5, 0.6) is 5.75 Å². The van der Waals surface area contributed by atoms with Crippen molar-refractivity contribution in [2.75, 3.05) is 43.5 Å². The molecule has 1 aromatic carbocycles. The number of fused-ring (bicyclic) bond motifs is 3. The molecule has 3 heterocycles. The van der Waals surface area contributed by atoms with Gasteiger partial charge in [0.2, 0.25) is 5.96 Å². The molecule has 3 N–H and O–H groups in total. The van der Waals surface area contributed by atoms with Crippen molar-refractivity contribution in [3.8, 4) is 5.75 Å². The molecular weight excluding hydrogens is 416 g/mol. The number of hydrogen-bond acceptors (Lipinski definition) is 7. The van der Waals surface area contributed by atoms with Crippen LogP contribution in [0.3, 0.4) is 0 Å². The third-order valence-electron chi connectivity index (χ3n) is 7.59. The molecule has 2 saturated carbocycles. The molecule has 0 aromatic heterocycles. The standard InChI is InChI=1S/C25H32N6O2/c1-15(16-3-4-16)23-20(24(26)32)12-27-25(29(23)2)28-17-5-8-21-22(11-17)33-14-19-13-30(18-6-7-18)9-10-31(19)21/h5,8,11-12,16,18-19H,3-4,6-7,9-10,13-14H2,1-2H3,(H2,26,32)(H,27,28)/b23-15-. The van der Waals surface area contributed by atoms with E-state index in [1.54, 1.807) is 6.20 Å². The van der Waals surface area contributed by atoms with Gasteiger partial charge >= 0.3 is 0 Å². The zero-order valence-electron chi connectivity index (χ0n) is 19.4. The quantitative estimate of drug-likeness (QED) is 0.736. The number of anilines is 2. The summed E-state index contributed by atoms with van der Waals surface area (Å²) in [6.07, 6.45) is 6.61. The predicted molar refractivity (Wildman–Crippen MR) is 129 cm³/mol. The highest BCUT2D eigenvalue weighted by atomic mass is 16.5. The molecule has 0 spiro atoms. The fourth-order valence-corrected chi connectivity index (χ4v) is 5.41. The van der Waals surface area contributed by atoms with E-state index in [0.29, 0.717) is 23.5 Å². The van der Waals surface area contributed by atoms with E-state index >= 15 is 0 Å². The Morgan fingerprint density at radius 2 is 2.00 bits per heavy atom. The molecule has 0 bridgehead atoms. The normalized spacial score (nSPS) is 26.5. The highest BCUT2D eigenvalue weighted by Gasteiger charge is 2.38. The van der Waals surface area contributed by atoms with Crippen molar-refractivity contribution >= 4 is 23.2 Å². The van der Waals surface area contributed by atoms with Gasteiger partial charge in [0.05, 0.1) is 23.0 Å². The Bertz CT molecular complexity index is 1080. The maximum Gasteiger partial charge on any atom is 0.252 e. The van der Waals surface area contributed by atoms with Gasteiger partial charge in [0.25, 0.3) is 5.91 Å². The van der Waals surface area contributed by atoms with Gasteiger partial charge in [-0.25, -0.2) is 4.99 Å². The highest BCUT2D eigenvalue weighted by molar-refractivity contribution is 6.03. The number of carbonyl (C=O) groups excluding carboxylic acids is 1. The Morgan fingerprint density at radius 1 is 1.18 bits per heavy atom. The molecule has 1 saturated heterocycles. The summed E-state index contributed by atoms with van der Waals surface area (Å²) in [6.45, 7) is 6.09. The summed E-state index contributed by atoms with van der Waals surface area (Å²) in [7, 11) is 1.93. The lowest BCUT2D eigenvalue weighted by Crippen LogP contribution is -2.57. The molecule has 1 atom stereocenters. The Balaban J connectivity index is 1.22. The minimum atomic E-state index is -0.446. The maximum atomic E-state index is 12.0. The van der Waals surface area contributed by atoms with E-state index < -0.39 is 5.91 Å². The number of nitrogens with one attached hydrogen (secondary N) is 1. The lowest BCUT2D eigenvalue weighted by atomic mass is 10.0. The number of nitrogens with zero attached hydrogens (tertiary/aromatic N) is 4. The number of nitrogens with two attached hydrogens (primary N) is 1. The van der Waals surface area contributed by atoms with Gasteiger partial charge in [0.1, 0.15) is 12.4 Å². The average molecular weight is 449 g/mol. The maximum absolute atomic E-state index is 12.0. The smallest absolute Gasteiger partial charge is 0.252 e. The van der Waals surface area contributed by atoms with Crippen LogP contribution in [-0.2, 0) is 4.79 Å². The van der Waals surface area contributed by atoms with Crippen molar-refractivity contribution in [3.05, 3.63) is 41.2 Å². The molecule has 3 fully saturated rings. The van der Waals surface area contributed by atoms with Gasteiger partial charge in [0, 0.05) is 50.7 Å². The number of ether oxygens (including phenoxy) is 1. The van der Waals surface area contributed by atoms with Crippen LogP contribution in [0.25, 0.3) is 0 Å². The number of amides is 1. The van der Waals surface area contributed by atoms with E-state index in [-0.39, 0.29) is 0 Å². The van der Waals surface area contributed by atoms with Crippen LogP contribution in [0.15, 0.2) is 46.2 Å². The Labute approximate surface area is 194 Å². The van der Waals surface area contributed by atoms with Crippen LogP contribution in [-0.4, -0.2) is 67.0 Å². The second kappa shape index (κ2) is 7.80. The summed E-state index contributed by atoms with van der Waals surface area (Å²) in [6, 6.07) is 7.52. The molecule has 1 unspecified atom stereocenters. The summed E-state index contributed by atoms with van der Waals surface area (Å²) in [5.74, 6) is 1.66. The van der Waals surface area contributed by atoms with Crippen LogP contribution in [0, 0.1) is 5.92 Å². The molecule has 1 aromatic rings. The molecular formula is C25H32N6O2. The first-order chi connectivity index (χ1) is 16.0. The summed E-state index contributed by atoms with van der Waals surface area (Å²) in [5, 5.41) is 3.43. The van der Waals surface area contributed by atoms with Gasteiger partial charge in [-0.2, -0.15) is 0 Å². The van der Waals surface area contributed by atoms with Gasteiger partial charge in [-0.3, -0.25) is 9.69 Å². The first kappa shape index (κ1) is 20.6. The molecule has 5 aliphatic rings. The summed E-state index contributed by atoms with van der Waals surface area (Å²) >= 11 is 0. The van der Waals surface area contributed by atoms with Crippen molar-refractivity contribution in [1.29, 1.82) is 0 Å². The molecule has 33 heavy (non-hydrogen) atoms. The van der Waals surface area contributed by atoms with Gasteiger partial charge in [-0.15, -0.1) is 0 Å². The van der Waals surface area contributed by atoms with Crippen molar-refractivity contribution < 1.29 is 9.53 Å². The second-order valence-corrected chi connectivity index (χ2v) is 9.92. The van der Waals surface area contributed by atoms with Crippen LogP contribution in [0.1, 0.15) is 32.6 Å². The van der Waals surface area contributed by atoms with Crippen LogP contribution in [0.4, 0.5) is 11.4 Å². The number of rotatable bonds is 4. The minimum absolute atomic E-state index is 0.426. The number of primary amides is 1. The van der Waals surface area contributed by atoms with Crippen LogP contribution in [0.2, 0.25) is 0 Å². The summed E-state index contributed by atoms with van der Waals surface area (Å²) in [5.41, 5.74) is 10.3. The van der Waals surface area contributed by atoms with E-state index in [4.69, 9.17) is 10.5 Å². The molecule has 6 rings (SSSR count). The summed E-state index contributed by atoms with van der Waals surface area (Å²) < 4.78 is 6.20. The SMILES string of the molecule is C/C(=C1\C(C(N)=O)=CN=C(Nc2ccc3c(c2)OCC2CN(C4CC4)CCN32)N1C)C1CC1. The van der Waals surface area contributed by atoms with E-state index in [0.717, 1.165) is 62.3 Å². The van der Waals surface area contributed by atoms with Crippen LogP contribution >= 0.6 is 0 Å². The molecule has 8 nitrogen and oxygen atoms in total.